The van der Waals surface area contributed by atoms with Crippen molar-refractivity contribution in [1.29, 1.82) is 0 Å². The topological polar surface area (TPSA) is 32.9 Å². The molecule has 1 N–H and O–H groups in total. The molecular formula is C5H3Cl3NNaO. The standard InChI is InChI=1S/C5H2Cl3NO.Na.H/c6-2-1-3(7)5(10)9-4(2)8;;/h1H,(H,9,10);;/q;+1;-1. The van der Waals surface area contributed by atoms with Gasteiger partial charge < -0.3 is 6.41 Å². The van der Waals surface area contributed by atoms with Gasteiger partial charge in [0.25, 0.3) is 5.56 Å². The monoisotopic (exact) mass is 221 g/mol. The number of halogens is 3. The molecule has 56 valence electrons. The fourth-order valence-corrected chi connectivity index (χ4v) is 0.968. The van der Waals surface area contributed by atoms with E-state index in [1.807, 2.05) is 0 Å². The van der Waals surface area contributed by atoms with Crippen molar-refractivity contribution in [2.24, 2.45) is 0 Å². The number of nitrogens with one attached hydrogen (secondary N) is 1. The van der Waals surface area contributed by atoms with Crippen LogP contribution < -0.4 is 35.1 Å². The van der Waals surface area contributed by atoms with E-state index < -0.39 is 5.56 Å². The largest absolute Gasteiger partial charge is 1.00 e. The summed E-state index contributed by atoms with van der Waals surface area (Å²) in [6.07, 6.45) is 0. The van der Waals surface area contributed by atoms with Gasteiger partial charge in [0.1, 0.15) is 10.2 Å². The summed E-state index contributed by atoms with van der Waals surface area (Å²) in [4.78, 5) is 12.9. The van der Waals surface area contributed by atoms with Crippen molar-refractivity contribution >= 4 is 34.8 Å². The first-order valence-electron chi connectivity index (χ1n) is 2.35. The van der Waals surface area contributed by atoms with Crippen LogP contribution in [0, 0.1) is 0 Å². The molecule has 0 aliphatic rings. The van der Waals surface area contributed by atoms with E-state index in [0.717, 1.165) is 0 Å². The van der Waals surface area contributed by atoms with Crippen LogP contribution in [-0.4, -0.2) is 4.98 Å². The van der Waals surface area contributed by atoms with Crippen LogP contribution in [0.3, 0.4) is 0 Å². The predicted octanol–water partition coefficient (Wildman–Crippen LogP) is -0.548. The van der Waals surface area contributed by atoms with Crippen molar-refractivity contribution in [3.8, 4) is 0 Å². The van der Waals surface area contributed by atoms with E-state index in [9.17, 15) is 4.79 Å². The Morgan fingerprint density at radius 3 is 2.27 bits per heavy atom. The van der Waals surface area contributed by atoms with Gasteiger partial charge in [-0.3, -0.25) is 4.79 Å². The molecule has 0 atom stereocenters. The van der Waals surface area contributed by atoms with E-state index in [2.05, 4.69) is 4.98 Å². The van der Waals surface area contributed by atoms with E-state index in [-0.39, 0.29) is 46.2 Å². The zero-order valence-electron chi connectivity index (χ0n) is 6.62. The average Bonchev–Trinajstić information content (AvgIpc) is 1.84. The second-order valence-corrected chi connectivity index (χ2v) is 2.80. The van der Waals surface area contributed by atoms with Crippen LogP contribution in [-0.2, 0) is 0 Å². The molecule has 0 saturated carbocycles. The maximum atomic E-state index is 10.7. The van der Waals surface area contributed by atoms with Crippen molar-refractivity contribution < 1.29 is 31.0 Å². The molecule has 0 aliphatic heterocycles. The predicted molar refractivity (Wildman–Crippen MR) is 43.2 cm³/mol. The first-order valence-corrected chi connectivity index (χ1v) is 3.48. The maximum absolute atomic E-state index is 10.7. The molecule has 0 unspecified atom stereocenters. The maximum Gasteiger partial charge on any atom is 1.00 e. The average molecular weight is 222 g/mol. The van der Waals surface area contributed by atoms with Gasteiger partial charge in [0.05, 0.1) is 5.02 Å². The molecule has 0 amide bonds. The Labute approximate surface area is 102 Å². The molecule has 11 heavy (non-hydrogen) atoms. The third-order valence-electron chi connectivity index (χ3n) is 0.903. The van der Waals surface area contributed by atoms with Crippen LogP contribution in [0.25, 0.3) is 0 Å². The minimum absolute atomic E-state index is 0. The zero-order chi connectivity index (χ0) is 7.72. The van der Waals surface area contributed by atoms with Crippen molar-refractivity contribution in [2.75, 3.05) is 0 Å². The van der Waals surface area contributed by atoms with Crippen LogP contribution in [0.2, 0.25) is 15.2 Å². The minimum atomic E-state index is -0.434. The molecule has 6 heteroatoms. The second-order valence-electron chi connectivity index (χ2n) is 1.61. The van der Waals surface area contributed by atoms with Crippen molar-refractivity contribution in [3.05, 3.63) is 31.6 Å². The molecule has 1 aromatic heterocycles. The summed E-state index contributed by atoms with van der Waals surface area (Å²) < 4.78 is 0. The Bertz CT molecular complexity index is 316. The van der Waals surface area contributed by atoms with Gasteiger partial charge in [0.15, 0.2) is 0 Å². The fourth-order valence-electron chi connectivity index (χ4n) is 0.459. The normalized spacial score (nSPS) is 9.00. The smallest absolute Gasteiger partial charge is 1.00 e. The second kappa shape index (κ2) is 4.75. The van der Waals surface area contributed by atoms with Gasteiger partial charge in [-0.05, 0) is 6.07 Å². The van der Waals surface area contributed by atoms with Gasteiger partial charge in [0.2, 0.25) is 0 Å². The molecule has 0 fully saturated rings. The van der Waals surface area contributed by atoms with Crippen LogP contribution in [0.1, 0.15) is 1.43 Å². The Balaban J connectivity index is 0. The number of aromatic amines is 1. The number of rotatable bonds is 0. The minimum Gasteiger partial charge on any atom is -1.00 e. The van der Waals surface area contributed by atoms with Gasteiger partial charge in [-0.1, -0.05) is 34.8 Å². The number of hydrogen-bond donors (Lipinski definition) is 1. The molecule has 0 saturated heterocycles. The van der Waals surface area contributed by atoms with Gasteiger partial charge in [-0.25, -0.2) is 0 Å². The van der Waals surface area contributed by atoms with Gasteiger partial charge in [-0.15, -0.1) is 0 Å². The summed E-state index contributed by atoms with van der Waals surface area (Å²) in [5, 5.41) is 0.386. The molecule has 2 nitrogen and oxygen atoms in total. The van der Waals surface area contributed by atoms with E-state index in [1.54, 1.807) is 0 Å². The molecule has 0 aliphatic carbocycles. The Kier molecular flexibility index (Phi) is 5.10. The summed E-state index contributed by atoms with van der Waals surface area (Å²) in [7, 11) is 0. The quantitative estimate of drug-likeness (QED) is 0.464. The van der Waals surface area contributed by atoms with Gasteiger partial charge >= 0.3 is 29.6 Å². The molecule has 0 spiro atoms. The SMILES string of the molecule is O=c1[nH]c(Cl)c(Cl)cc1Cl.[H-].[Na+]. The molecule has 1 heterocycles. The van der Waals surface area contributed by atoms with Gasteiger partial charge in [0, 0.05) is 0 Å². The fraction of sp³-hybridized carbons (Fsp3) is 0. The molecule has 0 radical (unpaired) electrons. The summed E-state index contributed by atoms with van der Waals surface area (Å²) in [6, 6.07) is 1.30. The Morgan fingerprint density at radius 2 is 1.82 bits per heavy atom. The van der Waals surface area contributed by atoms with Crippen molar-refractivity contribution in [1.82, 2.24) is 4.98 Å². The third-order valence-corrected chi connectivity index (χ3v) is 1.88. The summed E-state index contributed by atoms with van der Waals surface area (Å²) in [5.74, 6) is 0. The number of aromatic nitrogens is 1. The Hall–Kier alpha value is 0.820. The summed E-state index contributed by atoms with van der Waals surface area (Å²) >= 11 is 16.3. The first-order chi connectivity index (χ1) is 4.61. The number of pyridine rings is 1. The van der Waals surface area contributed by atoms with E-state index in [0.29, 0.717) is 0 Å². The van der Waals surface area contributed by atoms with Gasteiger partial charge in [-0.2, -0.15) is 0 Å². The molecule has 0 bridgehead atoms. The summed E-state index contributed by atoms with van der Waals surface area (Å²) in [5.41, 5.74) is -0.434. The number of hydrogen-bond acceptors (Lipinski definition) is 1. The number of H-pyrrole nitrogens is 1. The van der Waals surface area contributed by atoms with Crippen molar-refractivity contribution in [3.63, 3.8) is 0 Å². The zero-order valence-corrected chi connectivity index (χ0v) is 9.89. The van der Waals surface area contributed by atoms with Crippen LogP contribution >= 0.6 is 34.8 Å². The summed E-state index contributed by atoms with van der Waals surface area (Å²) in [6.45, 7) is 0. The third kappa shape index (κ3) is 2.98. The molecule has 1 aromatic rings. The van der Waals surface area contributed by atoms with E-state index in [4.69, 9.17) is 34.8 Å². The van der Waals surface area contributed by atoms with Crippen molar-refractivity contribution in [2.45, 2.75) is 0 Å². The molecule has 0 aromatic carbocycles. The van der Waals surface area contributed by atoms with Crippen LogP contribution in [0.4, 0.5) is 0 Å². The first kappa shape index (κ1) is 11.8. The van der Waals surface area contributed by atoms with E-state index >= 15 is 0 Å². The van der Waals surface area contributed by atoms with Crippen LogP contribution in [0.5, 0.6) is 0 Å². The Morgan fingerprint density at radius 1 is 1.27 bits per heavy atom. The molecular weight excluding hydrogens is 219 g/mol. The van der Waals surface area contributed by atoms with E-state index in [1.165, 1.54) is 6.07 Å². The van der Waals surface area contributed by atoms with Crippen LogP contribution in [0.15, 0.2) is 10.9 Å². The molecule has 1 rings (SSSR count).